The summed E-state index contributed by atoms with van der Waals surface area (Å²) in [5.74, 6) is 1.59. The first-order chi connectivity index (χ1) is 13.0. The summed E-state index contributed by atoms with van der Waals surface area (Å²) in [6, 6.07) is 15.7. The molecule has 0 N–H and O–H groups in total. The van der Waals surface area contributed by atoms with Crippen molar-refractivity contribution in [3.63, 3.8) is 0 Å². The van der Waals surface area contributed by atoms with E-state index in [1.807, 2.05) is 54.6 Å². The van der Waals surface area contributed by atoms with Gasteiger partial charge in [0, 0.05) is 16.7 Å². The molecule has 2 nitrogen and oxygen atoms in total. The fraction of sp³-hybridized carbons (Fsp3) is 0.280. The van der Waals surface area contributed by atoms with Crippen molar-refractivity contribution in [2.45, 2.75) is 33.6 Å². The van der Waals surface area contributed by atoms with Gasteiger partial charge in [0.05, 0.1) is 7.11 Å². The zero-order chi connectivity index (χ0) is 19.8. The number of hydrogen-bond acceptors (Lipinski definition) is 2. The predicted octanol–water partition coefficient (Wildman–Crippen LogP) is 6.33. The molecule has 0 atom stereocenters. The maximum absolute atomic E-state index is 12.6. The first-order valence-corrected chi connectivity index (χ1v) is 9.34. The zero-order valence-electron chi connectivity index (χ0n) is 16.7. The van der Waals surface area contributed by atoms with E-state index in [1.54, 1.807) is 7.11 Å². The molecule has 0 bridgehead atoms. The third-order valence-electron chi connectivity index (χ3n) is 4.10. The zero-order valence-corrected chi connectivity index (χ0v) is 16.7. The second-order valence-electron chi connectivity index (χ2n) is 7.22. The van der Waals surface area contributed by atoms with Gasteiger partial charge in [-0.05, 0) is 48.1 Å². The summed E-state index contributed by atoms with van der Waals surface area (Å²) >= 11 is 0. The Labute approximate surface area is 162 Å². The molecule has 0 saturated carbocycles. The SMILES string of the molecule is C=C=C(OC)c1ccc(/C=C2\CCc3ccccc3C2=O)cc1.CC(C)C. The van der Waals surface area contributed by atoms with Crippen molar-refractivity contribution in [1.29, 1.82) is 0 Å². The number of aryl methyl sites for hydroxylation is 1. The largest absolute Gasteiger partial charge is 0.489 e. The highest BCUT2D eigenvalue weighted by Gasteiger charge is 2.20. The van der Waals surface area contributed by atoms with Gasteiger partial charge in [-0.1, -0.05) is 69.5 Å². The van der Waals surface area contributed by atoms with Gasteiger partial charge in [0.2, 0.25) is 0 Å². The lowest BCUT2D eigenvalue weighted by Gasteiger charge is -2.17. The molecule has 0 radical (unpaired) electrons. The van der Waals surface area contributed by atoms with E-state index in [1.165, 1.54) is 0 Å². The van der Waals surface area contributed by atoms with Crippen molar-refractivity contribution in [3.8, 4) is 0 Å². The molecular formula is C25H28O2. The van der Waals surface area contributed by atoms with Crippen LogP contribution in [0.25, 0.3) is 11.8 Å². The minimum Gasteiger partial charge on any atom is -0.489 e. The fourth-order valence-corrected chi connectivity index (χ4v) is 2.88. The number of ketones is 1. The van der Waals surface area contributed by atoms with E-state index in [0.29, 0.717) is 5.76 Å². The summed E-state index contributed by atoms with van der Waals surface area (Å²) in [7, 11) is 1.60. The minimum absolute atomic E-state index is 0.138. The van der Waals surface area contributed by atoms with Crippen LogP contribution >= 0.6 is 0 Å². The molecule has 3 rings (SSSR count). The van der Waals surface area contributed by atoms with Crippen molar-refractivity contribution in [3.05, 3.63) is 88.7 Å². The Hall–Kier alpha value is -2.83. The van der Waals surface area contributed by atoms with E-state index in [-0.39, 0.29) is 5.78 Å². The van der Waals surface area contributed by atoms with E-state index in [0.717, 1.165) is 46.6 Å². The van der Waals surface area contributed by atoms with Crippen LogP contribution in [0, 0.1) is 5.92 Å². The van der Waals surface area contributed by atoms with Crippen LogP contribution in [0.4, 0.5) is 0 Å². The molecule has 1 aliphatic carbocycles. The molecule has 0 heterocycles. The van der Waals surface area contributed by atoms with Crippen molar-refractivity contribution in [2.24, 2.45) is 5.92 Å². The molecule has 1 aliphatic rings. The summed E-state index contributed by atoms with van der Waals surface area (Å²) < 4.78 is 5.20. The third kappa shape index (κ3) is 5.57. The van der Waals surface area contributed by atoms with E-state index in [9.17, 15) is 4.79 Å². The van der Waals surface area contributed by atoms with Gasteiger partial charge in [0.1, 0.15) is 0 Å². The van der Waals surface area contributed by atoms with Crippen LogP contribution in [0.5, 0.6) is 0 Å². The molecule has 0 unspecified atom stereocenters. The first kappa shape index (κ1) is 20.5. The average molecular weight is 360 g/mol. The molecular weight excluding hydrogens is 332 g/mol. The summed E-state index contributed by atoms with van der Waals surface area (Å²) in [6.07, 6.45) is 3.68. The Morgan fingerprint density at radius 2 is 1.70 bits per heavy atom. The molecule has 0 aliphatic heterocycles. The quantitative estimate of drug-likeness (QED) is 0.363. The van der Waals surface area contributed by atoms with Gasteiger partial charge in [-0.15, -0.1) is 0 Å². The molecule has 2 heteroatoms. The van der Waals surface area contributed by atoms with Crippen LogP contribution < -0.4 is 0 Å². The molecule has 2 aromatic carbocycles. The van der Waals surface area contributed by atoms with Gasteiger partial charge in [-0.25, -0.2) is 0 Å². The van der Waals surface area contributed by atoms with Gasteiger partial charge in [-0.3, -0.25) is 4.79 Å². The second kappa shape index (κ2) is 9.75. The van der Waals surface area contributed by atoms with Crippen molar-refractivity contribution >= 4 is 17.6 Å². The minimum atomic E-state index is 0.138. The number of benzene rings is 2. The van der Waals surface area contributed by atoms with E-state index in [2.05, 4.69) is 33.1 Å². The summed E-state index contributed by atoms with van der Waals surface area (Å²) in [5, 5.41) is 0. The Morgan fingerprint density at radius 3 is 2.30 bits per heavy atom. The predicted molar refractivity (Wildman–Crippen MR) is 114 cm³/mol. The van der Waals surface area contributed by atoms with Gasteiger partial charge in [0.25, 0.3) is 0 Å². The number of carbonyl (C=O) groups is 1. The Bertz CT molecular complexity index is 861. The smallest absolute Gasteiger partial charge is 0.189 e. The molecule has 140 valence electrons. The maximum atomic E-state index is 12.6. The van der Waals surface area contributed by atoms with Crippen LogP contribution in [-0.2, 0) is 11.2 Å². The number of Topliss-reactive ketones (excluding diaryl/α,β-unsaturated/α-hetero) is 1. The number of fused-ring (bicyclic) bond motifs is 1. The normalized spacial score (nSPS) is 14.1. The summed E-state index contributed by atoms with van der Waals surface area (Å²) in [5.41, 5.74) is 7.53. The number of rotatable bonds is 3. The van der Waals surface area contributed by atoms with Gasteiger partial charge in [0.15, 0.2) is 11.5 Å². The molecule has 0 amide bonds. The maximum Gasteiger partial charge on any atom is 0.189 e. The van der Waals surface area contributed by atoms with Gasteiger partial charge < -0.3 is 4.74 Å². The topological polar surface area (TPSA) is 26.3 Å². The van der Waals surface area contributed by atoms with Crippen LogP contribution in [0.2, 0.25) is 0 Å². The lowest BCUT2D eigenvalue weighted by atomic mass is 9.86. The summed E-state index contributed by atoms with van der Waals surface area (Å²) in [4.78, 5) is 12.6. The molecule has 27 heavy (non-hydrogen) atoms. The lowest BCUT2D eigenvalue weighted by molar-refractivity contribution is 0.102. The monoisotopic (exact) mass is 360 g/mol. The van der Waals surface area contributed by atoms with Crippen LogP contribution in [0.15, 0.2) is 66.4 Å². The average Bonchev–Trinajstić information content (AvgIpc) is 2.66. The number of hydrogen-bond donors (Lipinski definition) is 0. The van der Waals surface area contributed by atoms with Crippen molar-refractivity contribution in [2.75, 3.05) is 7.11 Å². The number of carbonyl (C=O) groups excluding carboxylic acids is 1. The van der Waals surface area contributed by atoms with Crippen LogP contribution in [0.3, 0.4) is 0 Å². The van der Waals surface area contributed by atoms with E-state index >= 15 is 0 Å². The molecule has 0 saturated heterocycles. The highest BCUT2D eigenvalue weighted by Crippen LogP contribution is 2.26. The van der Waals surface area contributed by atoms with Crippen LogP contribution in [-0.4, -0.2) is 12.9 Å². The molecule has 0 aromatic heterocycles. The third-order valence-corrected chi connectivity index (χ3v) is 4.10. The van der Waals surface area contributed by atoms with Crippen molar-refractivity contribution in [1.82, 2.24) is 0 Å². The van der Waals surface area contributed by atoms with Crippen molar-refractivity contribution < 1.29 is 9.53 Å². The fourth-order valence-electron chi connectivity index (χ4n) is 2.88. The lowest BCUT2D eigenvalue weighted by Crippen LogP contribution is -2.13. The molecule has 0 spiro atoms. The van der Waals surface area contributed by atoms with Gasteiger partial charge >= 0.3 is 0 Å². The highest BCUT2D eigenvalue weighted by molar-refractivity contribution is 6.13. The van der Waals surface area contributed by atoms with Gasteiger partial charge in [-0.2, -0.15) is 0 Å². The first-order valence-electron chi connectivity index (χ1n) is 9.34. The Balaban J connectivity index is 0.000000596. The standard InChI is InChI=1S/C21H18O2.C4H10/c1-3-20(23-2)17-10-8-15(9-11-17)14-18-13-12-16-6-4-5-7-19(16)21(18)22;1-4(2)3/h4-11,14H,1,12-13H2,2H3;4H,1-3H3/b18-14+;. The van der Waals surface area contributed by atoms with E-state index in [4.69, 9.17) is 4.74 Å². The Kier molecular flexibility index (Phi) is 7.40. The van der Waals surface area contributed by atoms with E-state index < -0.39 is 0 Å². The Morgan fingerprint density at radius 1 is 1.07 bits per heavy atom. The van der Waals surface area contributed by atoms with Crippen LogP contribution in [0.1, 0.15) is 54.2 Å². The number of allylic oxidation sites excluding steroid dienone is 1. The highest BCUT2D eigenvalue weighted by atomic mass is 16.5. The summed E-state index contributed by atoms with van der Waals surface area (Å²) in [6.45, 7) is 10.1. The number of ether oxygens (including phenoxy) is 1. The molecule has 0 fully saturated rings. The second-order valence-corrected chi connectivity index (χ2v) is 7.22. The number of methoxy groups -OCH3 is 1. The molecule has 2 aromatic rings.